The van der Waals surface area contributed by atoms with Crippen LogP contribution in [0.2, 0.25) is 0 Å². The van der Waals surface area contributed by atoms with Gasteiger partial charge in [0, 0.05) is 12.2 Å². The van der Waals surface area contributed by atoms with E-state index in [0.717, 1.165) is 23.7 Å². The minimum Gasteiger partial charge on any atom is -0.497 e. The number of ether oxygens (including phenoxy) is 2. The Morgan fingerprint density at radius 2 is 1.90 bits per heavy atom. The van der Waals surface area contributed by atoms with Gasteiger partial charge in [0.2, 0.25) is 0 Å². The highest BCUT2D eigenvalue weighted by atomic mass is 16.5. The number of hydrogen-bond acceptors (Lipinski definition) is 3. The van der Waals surface area contributed by atoms with Crippen molar-refractivity contribution in [3.63, 3.8) is 0 Å². The van der Waals surface area contributed by atoms with Gasteiger partial charge in [-0.2, -0.15) is 0 Å². The molecule has 0 aliphatic rings. The lowest BCUT2D eigenvalue weighted by Gasteiger charge is -2.09. The van der Waals surface area contributed by atoms with E-state index in [9.17, 15) is 0 Å². The van der Waals surface area contributed by atoms with Crippen LogP contribution in [0.15, 0.2) is 61.2 Å². The van der Waals surface area contributed by atoms with Gasteiger partial charge >= 0.3 is 0 Å². The summed E-state index contributed by atoms with van der Waals surface area (Å²) >= 11 is 0. The van der Waals surface area contributed by atoms with Crippen molar-refractivity contribution in [2.24, 2.45) is 0 Å². The maximum atomic E-state index is 5.52. The minimum absolute atomic E-state index is 0.523. The molecule has 0 fully saturated rings. The van der Waals surface area contributed by atoms with E-state index in [1.54, 1.807) is 13.2 Å². The molecule has 0 unspecified atom stereocenters. The van der Waals surface area contributed by atoms with Crippen LogP contribution in [0.5, 0.6) is 11.5 Å². The van der Waals surface area contributed by atoms with Crippen LogP contribution in [0.3, 0.4) is 0 Å². The molecule has 0 aliphatic carbocycles. The zero-order valence-electron chi connectivity index (χ0n) is 11.6. The molecule has 0 heterocycles. The molecule has 0 bridgehead atoms. The Kier molecular flexibility index (Phi) is 5.07. The first kappa shape index (κ1) is 14.0. The molecule has 0 aliphatic heterocycles. The van der Waals surface area contributed by atoms with E-state index in [-0.39, 0.29) is 0 Å². The normalized spacial score (nSPS) is 9.85. The van der Waals surface area contributed by atoms with Gasteiger partial charge in [0.15, 0.2) is 0 Å². The third-order valence-electron chi connectivity index (χ3n) is 2.85. The summed E-state index contributed by atoms with van der Waals surface area (Å²) in [6, 6.07) is 15.9. The summed E-state index contributed by atoms with van der Waals surface area (Å²) in [7, 11) is 1.66. The second-order valence-corrected chi connectivity index (χ2v) is 4.33. The van der Waals surface area contributed by atoms with Gasteiger partial charge in [-0.15, -0.1) is 0 Å². The smallest absolute Gasteiger partial charge is 0.120 e. The van der Waals surface area contributed by atoms with Gasteiger partial charge in [0.1, 0.15) is 18.1 Å². The molecule has 2 aromatic rings. The number of methoxy groups -OCH3 is 1. The lowest BCUT2D eigenvalue weighted by atomic mass is 10.2. The van der Waals surface area contributed by atoms with Crippen LogP contribution in [-0.2, 0) is 6.54 Å². The lowest BCUT2D eigenvalue weighted by Crippen LogP contribution is -2.00. The molecule has 2 rings (SSSR count). The summed E-state index contributed by atoms with van der Waals surface area (Å²) < 4.78 is 10.6. The van der Waals surface area contributed by atoms with Crippen LogP contribution in [0.1, 0.15) is 5.56 Å². The number of rotatable bonds is 7. The maximum absolute atomic E-state index is 5.52. The fourth-order valence-electron chi connectivity index (χ4n) is 1.81. The van der Waals surface area contributed by atoms with Crippen molar-refractivity contribution in [2.45, 2.75) is 6.54 Å². The second kappa shape index (κ2) is 7.24. The maximum Gasteiger partial charge on any atom is 0.120 e. The van der Waals surface area contributed by atoms with Crippen LogP contribution in [0, 0.1) is 0 Å². The quantitative estimate of drug-likeness (QED) is 0.774. The Hall–Kier alpha value is -2.42. The predicted octanol–water partition coefficient (Wildman–Crippen LogP) is 3.87. The van der Waals surface area contributed by atoms with Gasteiger partial charge in [0.05, 0.1) is 7.11 Å². The van der Waals surface area contributed by atoms with Gasteiger partial charge in [-0.1, -0.05) is 24.8 Å². The number of anilines is 1. The van der Waals surface area contributed by atoms with Crippen LogP contribution in [-0.4, -0.2) is 13.7 Å². The topological polar surface area (TPSA) is 30.5 Å². The van der Waals surface area contributed by atoms with Crippen LogP contribution in [0.25, 0.3) is 0 Å². The summed E-state index contributed by atoms with van der Waals surface area (Å²) in [5, 5.41) is 3.36. The van der Waals surface area contributed by atoms with Crippen molar-refractivity contribution in [1.82, 2.24) is 0 Å². The van der Waals surface area contributed by atoms with Crippen molar-refractivity contribution < 1.29 is 9.47 Å². The molecule has 0 radical (unpaired) electrons. The summed E-state index contributed by atoms with van der Waals surface area (Å²) in [6.07, 6.45) is 1.74. The largest absolute Gasteiger partial charge is 0.497 e. The molecule has 3 nitrogen and oxygen atoms in total. The standard InChI is InChI=1S/C17H19NO2/c1-3-11-20-17-6-4-5-14(12-17)13-18-15-7-9-16(19-2)10-8-15/h3-10,12,18H,1,11,13H2,2H3. The van der Waals surface area contributed by atoms with E-state index in [2.05, 4.69) is 18.0 Å². The number of hydrogen-bond donors (Lipinski definition) is 1. The fraction of sp³-hybridized carbons (Fsp3) is 0.176. The van der Waals surface area contributed by atoms with Gasteiger partial charge in [-0.25, -0.2) is 0 Å². The highest BCUT2D eigenvalue weighted by Crippen LogP contribution is 2.17. The van der Waals surface area contributed by atoms with E-state index in [1.165, 1.54) is 5.56 Å². The average Bonchev–Trinajstić information content (AvgIpc) is 2.52. The molecular weight excluding hydrogens is 250 g/mol. The molecule has 0 aromatic heterocycles. The van der Waals surface area contributed by atoms with E-state index in [1.807, 2.05) is 42.5 Å². The molecule has 0 atom stereocenters. The fourth-order valence-corrected chi connectivity index (χ4v) is 1.81. The Labute approximate surface area is 119 Å². The summed E-state index contributed by atoms with van der Waals surface area (Å²) in [6.45, 7) is 4.91. The molecule has 2 aromatic carbocycles. The van der Waals surface area contributed by atoms with Crippen molar-refractivity contribution in [3.8, 4) is 11.5 Å². The van der Waals surface area contributed by atoms with Crippen LogP contribution < -0.4 is 14.8 Å². The van der Waals surface area contributed by atoms with Crippen molar-refractivity contribution in [3.05, 3.63) is 66.7 Å². The van der Waals surface area contributed by atoms with Crippen LogP contribution in [0.4, 0.5) is 5.69 Å². The van der Waals surface area contributed by atoms with Gasteiger partial charge in [-0.05, 0) is 42.0 Å². The third-order valence-corrected chi connectivity index (χ3v) is 2.85. The molecular formula is C17H19NO2. The van der Waals surface area contributed by atoms with E-state index in [4.69, 9.17) is 9.47 Å². The molecule has 104 valence electrons. The van der Waals surface area contributed by atoms with Gasteiger partial charge < -0.3 is 14.8 Å². The first-order valence-corrected chi connectivity index (χ1v) is 6.52. The van der Waals surface area contributed by atoms with E-state index < -0.39 is 0 Å². The molecule has 0 saturated carbocycles. The SMILES string of the molecule is C=CCOc1cccc(CNc2ccc(OC)cc2)c1. The first-order valence-electron chi connectivity index (χ1n) is 6.52. The predicted molar refractivity (Wildman–Crippen MR) is 82.5 cm³/mol. The first-order chi connectivity index (χ1) is 9.81. The average molecular weight is 269 g/mol. The zero-order valence-corrected chi connectivity index (χ0v) is 11.6. The number of nitrogens with one attached hydrogen (secondary N) is 1. The van der Waals surface area contributed by atoms with E-state index in [0.29, 0.717) is 6.61 Å². The third kappa shape index (κ3) is 4.05. The second-order valence-electron chi connectivity index (χ2n) is 4.33. The molecule has 3 heteroatoms. The zero-order chi connectivity index (χ0) is 14.2. The summed E-state index contributed by atoms with van der Waals surface area (Å²) in [4.78, 5) is 0. The van der Waals surface area contributed by atoms with Gasteiger partial charge in [-0.3, -0.25) is 0 Å². The molecule has 0 amide bonds. The molecule has 20 heavy (non-hydrogen) atoms. The number of benzene rings is 2. The monoisotopic (exact) mass is 269 g/mol. The lowest BCUT2D eigenvalue weighted by molar-refractivity contribution is 0.363. The summed E-state index contributed by atoms with van der Waals surface area (Å²) in [5.41, 5.74) is 2.23. The summed E-state index contributed by atoms with van der Waals surface area (Å²) in [5.74, 6) is 1.72. The highest BCUT2D eigenvalue weighted by molar-refractivity contribution is 5.47. The Morgan fingerprint density at radius 3 is 2.60 bits per heavy atom. The Bertz CT molecular complexity index is 549. The minimum atomic E-state index is 0.523. The van der Waals surface area contributed by atoms with E-state index >= 15 is 0 Å². The van der Waals surface area contributed by atoms with Crippen molar-refractivity contribution in [2.75, 3.05) is 19.0 Å². The van der Waals surface area contributed by atoms with Crippen molar-refractivity contribution in [1.29, 1.82) is 0 Å². The molecule has 0 saturated heterocycles. The highest BCUT2D eigenvalue weighted by Gasteiger charge is 1.98. The van der Waals surface area contributed by atoms with Gasteiger partial charge in [0.25, 0.3) is 0 Å². The Balaban J connectivity index is 1.93. The molecule has 0 spiro atoms. The van der Waals surface area contributed by atoms with Crippen molar-refractivity contribution >= 4 is 5.69 Å². The Morgan fingerprint density at radius 1 is 1.10 bits per heavy atom. The van der Waals surface area contributed by atoms with Crippen LogP contribution >= 0.6 is 0 Å². The molecule has 1 N–H and O–H groups in total.